The van der Waals surface area contributed by atoms with Crippen LogP contribution in [0, 0.1) is 11.6 Å². The zero-order valence-electron chi connectivity index (χ0n) is 9.78. The topological polar surface area (TPSA) is 56.7 Å². The number of aromatic nitrogens is 3. The maximum Gasteiger partial charge on any atom is 0.152 e. The lowest BCUT2D eigenvalue weighted by Crippen LogP contribution is -2.29. The van der Waals surface area contributed by atoms with E-state index in [-0.39, 0.29) is 10.2 Å². The second kappa shape index (κ2) is 4.40. The molecule has 0 fully saturated rings. The number of hydrogen-bond acceptors (Lipinski definition) is 3. The Bertz CT molecular complexity index is 566. The van der Waals surface area contributed by atoms with Crippen LogP contribution in [0.5, 0.6) is 0 Å². The lowest BCUT2D eigenvalue weighted by molar-refractivity contribution is 0.533. The fourth-order valence-corrected chi connectivity index (χ4v) is 2.01. The molecule has 0 unspecified atom stereocenters. The second-order valence-corrected chi connectivity index (χ2v) is 5.34. The lowest BCUT2D eigenvalue weighted by Gasteiger charge is -2.13. The molecule has 0 aliphatic rings. The van der Waals surface area contributed by atoms with Gasteiger partial charge in [-0.25, -0.2) is 13.5 Å². The molecule has 0 amide bonds. The fourth-order valence-electron chi connectivity index (χ4n) is 1.42. The molecule has 1 aromatic heterocycles. The van der Waals surface area contributed by atoms with Crippen LogP contribution in [-0.2, 0) is 5.54 Å². The average Bonchev–Trinajstić information content (AvgIpc) is 2.64. The van der Waals surface area contributed by atoms with Gasteiger partial charge in [0.2, 0.25) is 0 Å². The molecule has 2 N–H and O–H groups in total. The summed E-state index contributed by atoms with van der Waals surface area (Å²) in [6.07, 6.45) is 1.51. The third-order valence-corrected chi connectivity index (χ3v) is 2.97. The van der Waals surface area contributed by atoms with E-state index in [2.05, 4.69) is 26.2 Å². The van der Waals surface area contributed by atoms with Crippen molar-refractivity contribution in [3.8, 4) is 5.69 Å². The van der Waals surface area contributed by atoms with Crippen molar-refractivity contribution in [3.63, 3.8) is 0 Å². The van der Waals surface area contributed by atoms with Crippen molar-refractivity contribution >= 4 is 15.9 Å². The van der Waals surface area contributed by atoms with E-state index < -0.39 is 17.2 Å². The minimum absolute atomic E-state index is 0.0967. The molecule has 0 aliphatic heterocycles. The number of nitrogens with two attached hydrogens (primary N) is 1. The largest absolute Gasteiger partial charge is 0.320 e. The van der Waals surface area contributed by atoms with E-state index >= 15 is 0 Å². The number of halogens is 3. The predicted molar refractivity (Wildman–Crippen MR) is 66.2 cm³/mol. The van der Waals surface area contributed by atoms with E-state index in [9.17, 15) is 8.78 Å². The van der Waals surface area contributed by atoms with Gasteiger partial charge in [0.25, 0.3) is 0 Å². The van der Waals surface area contributed by atoms with Crippen molar-refractivity contribution in [1.82, 2.24) is 15.0 Å². The molecule has 0 bridgehead atoms. The molecule has 18 heavy (non-hydrogen) atoms. The lowest BCUT2D eigenvalue weighted by atomic mass is 10.0. The van der Waals surface area contributed by atoms with Gasteiger partial charge in [-0.2, -0.15) is 0 Å². The summed E-state index contributed by atoms with van der Waals surface area (Å²) in [5.74, 6) is -1.39. The van der Waals surface area contributed by atoms with Crippen LogP contribution in [0.4, 0.5) is 8.78 Å². The van der Waals surface area contributed by atoms with Crippen LogP contribution >= 0.6 is 15.9 Å². The normalized spacial score (nSPS) is 11.9. The summed E-state index contributed by atoms with van der Waals surface area (Å²) in [5.41, 5.74) is 5.80. The quantitative estimate of drug-likeness (QED) is 0.926. The highest BCUT2D eigenvalue weighted by Crippen LogP contribution is 2.25. The summed E-state index contributed by atoms with van der Waals surface area (Å²) >= 11 is 3.09. The molecule has 1 aromatic carbocycles. The van der Waals surface area contributed by atoms with Gasteiger partial charge in [-0.15, -0.1) is 5.10 Å². The summed E-state index contributed by atoms with van der Waals surface area (Å²) in [6.45, 7) is 3.52. The third kappa shape index (κ3) is 2.41. The van der Waals surface area contributed by atoms with Gasteiger partial charge in [-0.05, 0) is 35.8 Å². The highest BCUT2D eigenvalue weighted by molar-refractivity contribution is 9.10. The standard InChI is InChI=1S/C11H11BrF2N4/c1-11(2,15)9-5-18(17-16-9)10-7(12)3-6(13)4-8(10)14/h3-5H,15H2,1-2H3. The minimum atomic E-state index is -0.729. The Hall–Kier alpha value is -1.34. The number of hydrogen-bond donors (Lipinski definition) is 1. The third-order valence-electron chi connectivity index (χ3n) is 2.36. The summed E-state index contributed by atoms with van der Waals surface area (Å²) in [5, 5.41) is 7.67. The van der Waals surface area contributed by atoms with Crippen LogP contribution < -0.4 is 5.73 Å². The molecular formula is C11H11BrF2N4. The van der Waals surface area contributed by atoms with Crippen LogP contribution in [0.2, 0.25) is 0 Å². The first-order valence-corrected chi connectivity index (χ1v) is 5.95. The van der Waals surface area contributed by atoms with Gasteiger partial charge in [-0.1, -0.05) is 5.21 Å². The fraction of sp³-hybridized carbons (Fsp3) is 0.273. The van der Waals surface area contributed by atoms with Crippen molar-refractivity contribution in [2.45, 2.75) is 19.4 Å². The van der Waals surface area contributed by atoms with E-state index in [1.165, 1.54) is 10.9 Å². The first-order chi connectivity index (χ1) is 8.29. The van der Waals surface area contributed by atoms with E-state index in [1.54, 1.807) is 13.8 Å². The van der Waals surface area contributed by atoms with Crippen molar-refractivity contribution < 1.29 is 8.78 Å². The van der Waals surface area contributed by atoms with Crippen molar-refractivity contribution in [1.29, 1.82) is 0 Å². The number of rotatable bonds is 2. The van der Waals surface area contributed by atoms with Gasteiger partial charge in [0, 0.05) is 10.5 Å². The van der Waals surface area contributed by atoms with Crippen LogP contribution in [0.3, 0.4) is 0 Å². The monoisotopic (exact) mass is 316 g/mol. The number of nitrogens with zero attached hydrogens (tertiary/aromatic N) is 3. The molecule has 0 radical (unpaired) electrons. The average molecular weight is 317 g/mol. The summed E-state index contributed by atoms with van der Waals surface area (Å²) in [4.78, 5) is 0. The maximum atomic E-state index is 13.7. The Morgan fingerprint density at radius 1 is 1.33 bits per heavy atom. The first kappa shape index (κ1) is 13.1. The SMILES string of the molecule is CC(C)(N)c1cn(-c2c(F)cc(F)cc2Br)nn1. The second-order valence-electron chi connectivity index (χ2n) is 4.49. The first-order valence-electron chi connectivity index (χ1n) is 5.15. The molecule has 2 aromatic rings. The van der Waals surface area contributed by atoms with Crippen molar-refractivity contribution in [3.05, 3.63) is 40.1 Å². The van der Waals surface area contributed by atoms with Crippen molar-refractivity contribution in [2.24, 2.45) is 5.73 Å². The maximum absolute atomic E-state index is 13.7. The Morgan fingerprint density at radius 3 is 2.50 bits per heavy atom. The molecule has 1 heterocycles. The van der Waals surface area contributed by atoms with Crippen LogP contribution in [0.15, 0.2) is 22.8 Å². The van der Waals surface area contributed by atoms with Gasteiger partial charge >= 0.3 is 0 Å². The Morgan fingerprint density at radius 2 is 2.00 bits per heavy atom. The van der Waals surface area contributed by atoms with Crippen LogP contribution in [-0.4, -0.2) is 15.0 Å². The van der Waals surface area contributed by atoms with E-state index in [0.29, 0.717) is 5.69 Å². The summed E-state index contributed by atoms with van der Waals surface area (Å²) in [6, 6.07) is 1.95. The Kier molecular flexibility index (Phi) is 3.20. The van der Waals surface area contributed by atoms with Crippen LogP contribution in [0.25, 0.3) is 5.69 Å². The summed E-state index contributed by atoms with van der Waals surface area (Å²) < 4.78 is 28.2. The highest BCUT2D eigenvalue weighted by Gasteiger charge is 2.20. The smallest absolute Gasteiger partial charge is 0.152 e. The molecule has 0 saturated heterocycles. The van der Waals surface area contributed by atoms with Gasteiger partial charge in [0.1, 0.15) is 17.2 Å². The Labute approximate surface area is 111 Å². The highest BCUT2D eigenvalue weighted by atomic mass is 79.9. The molecule has 7 heteroatoms. The molecule has 2 rings (SSSR count). The Balaban J connectivity index is 2.53. The molecule has 96 valence electrons. The van der Waals surface area contributed by atoms with Gasteiger partial charge in [0.15, 0.2) is 5.82 Å². The van der Waals surface area contributed by atoms with E-state index in [0.717, 1.165) is 12.1 Å². The van der Waals surface area contributed by atoms with E-state index in [4.69, 9.17) is 5.73 Å². The zero-order valence-corrected chi connectivity index (χ0v) is 11.4. The molecule has 0 saturated carbocycles. The molecule has 0 atom stereocenters. The molecular weight excluding hydrogens is 306 g/mol. The van der Waals surface area contributed by atoms with Crippen LogP contribution in [0.1, 0.15) is 19.5 Å². The number of benzene rings is 1. The van der Waals surface area contributed by atoms with Gasteiger partial charge < -0.3 is 5.73 Å². The van der Waals surface area contributed by atoms with Gasteiger partial charge in [-0.3, -0.25) is 0 Å². The molecule has 4 nitrogen and oxygen atoms in total. The predicted octanol–water partition coefficient (Wildman–Crippen LogP) is 2.50. The van der Waals surface area contributed by atoms with E-state index in [1.807, 2.05) is 0 Å². The zero-order chi connectivity index (χ0) is 13.5. The van der Waals surface area contributed by atoms with Gasteiger partial charge in [0.05, 0.1) is 11.7 Å². The summed E-state index contributed by atoms with van der Waals surface area (Å²) in [7, 11) is 0. The van der Waals surface area contributed by atoms with Crippen molar-refractivity contribution in [2.75, 3.05) is 0 Å². The molecule has 0 spiro atoms. The minimum Gasteiger partial charge on any atom is -0.320 e. The molecule has 0 aliphatic carbocycles.